The molecule has 1 unspecified atom stereocenters. The number of thioether (sulfide) groups is 1. The summed E-state index contributed by atoms with van der Waals surface area (Å²) in [7, 11) is 0. The van der Waals surface area contributed by atoms with Crippen LogP contribution in [0, 0.1) is 0 Å². The first-order valence-electron chi connectivity index (χ1n) is 4.28. The molecule has 0 fully saturated rings. The second-order valence-electron chi connectivity index (χ2n) is 3.03. The summed E-state index contributed by atoms with van der Waals surface area (Å²) in [5.74, 6) is 2.44. The Labute approximate surface area is 82.3 Å². The zero-order valence-corrected chi connectivity index (χ0v) is 8.80. The van der Waals surface area contributed by atoms with E-state index in [-0.39, 0.29) is 6.04 Å². The van der Waals surface area contributed by atoms with Crippen LogP contribution in [-0.2, 0) is 12.8 Å². The van der Waals surface area contributed by atoms with E-state index in [1.807, 2.05) is 6.92 Å². The van der Waals surface area contributed by atoms with Crippen LogP contribution >= 0.6 is 11.8 Å². The van der Waals surface area contributed by atoms with Crippen molar-refractivity contribution in [1.82, 2.24) is 10.1 Å². The molecule has 74 valence electrons. The largest absolute Gasteiger partial charge is 0.339 e. The molecule has 2 N–H and O–H groups in total. The zero-order chi connectivity index (χ0) is 9.68. The number of aromatic nitrogens is 2. The van der Waals surface area contributed by atoms with Gasteiger partial charge in [0.2, 0.25) is 5.89 Å². The van der Waals surface area contributed by atoms with E-state index in [9.17, 15) is 0 Å². The maximum atomic E-state index is 5.61. The molecule has 1 aromatic heterocycles. The quantitative estimate of drug-likeness (QED) is 0.765. The van der Waals surface area contributed by atoms with Crippen LogP contribution < -0.4 is 5.73 Å². The average Bonchev–Trinajstić information content (AvgIpc) is 2.48. The molecule has 0 amide bonds. The average molecular weight is 201 g/mol. The number of nitrogens with two attached hydrogens (primary N) is 1. The van der Waals surface area contributed by atoms with E-state index in [4.69, 9.17) is 10.3 Å². The van der Waals surface area contributed by atoms with Crippen LogP contribution in [0.25, 0.3) is 0 Å². The maximum Gasteiger partial charge on any atom is 0.227 e. The van der Waals surface area contributed by atoms with Gasteiger partial charge in [-0.2, -0.15) is 16.7 Å². The van der Waals surface area contributed by atoms with Gasteiger partial charge in [-0.3, -0.25) is 0 Å². The molecule has 0 aromatic carbocycles. The second-order valence-corrected chi connectivity index (χ2v) is 4.01. The molecule has 0 aliphatic heterocycles. The summed E-state index contributed by atoms with van der Waals surface area (Å²) in [5, 5.41) is 3.83. The zero-order valence-electron chi connectivity index (χ0n) is 7.99. The minimum atomic E-state index is 0.0889. The number of hydrogen-bond acceptors (Lipinski definition) is 5. The van der Waals surface area contributed by atoms with Gasteiger partial charge in [0.1, 0.15) is 0 Å². The molecular weight excluding hydrogens is 186 g/mol. The Bertz CT molecular complexity index is 249. The Morgan fingerprint density at radius 1 is 1.62 bits per heavy atom. The van der Waals surface area contributed by atoms with Crippen molar-refractivity contribution < 1.29 is 4.52 Å². The number of hydrogen-bond donors (Lipinski definition) is 1. The minimum Gasteiger partial charge on any atom is -0.339 e. The lowest BCUT2D eigenvalue weighted by atomic mass is 10.2. The fourth-order valence-corrected chi connectivity index (χ4v) is 1.33. The van der Waals surface area contributed by atoms with E-state index < -0.39 is 0 Å². The smallest absolute Gasteiger partial charge is 0.227 e. The Morgan fingerprint density at radius 3 is 3.00 bits per heavy atom. The summed E-state index contributed by atoms with van der Waals surface area (Å²) < 4.78 is 5.04. The van der Waals surface area contributed by atoms with Gasteiger partial charge in [-0.15, -0.1) is 0 Å². The SMILES string of the molecule is CSCCc1nc(CC(C)N)no1. The lowest BCUT2D eigenvalue weighted by Gasteiger charge is -1.96. The normalized spacial score (nSPS) is 13.2. The van der Waals surface area contributed by atoms with E-state index in [0.29, 0.717) is 18.1 Å². The molecule has 0 saturated carbocycles. The van der Waals surface area contributed by atoms with Gasteiger partial charge in [0, 0.05) is 24.6 Å². The lowest BCUT2D eigenvalue weighted by molar-refractivity contribution is 0.376. The van der Waals surface area contributed by atoms with Gasteiger partial charge in [-0.05, 0) is 13.2 Å². The molecular formula is C8H15N3OS. The van der Waals surface area contributed by atoms with Crippen molar-refractivity contribution in [2.75, 3.05) is 12.0 Å². The van der Waals surface area contributed by atoms with Crippen LogP contribution in [0.1, 0.15) is 18.6 Å². The summed E-state index contributed by atoms with van der Waals surface area (Å²) in [5.41, 5.74) is 5.61. The van der Waals surface area contributed by atoms with E-state index in [0.717, 1.165) is 12.2 Å². The van der Waals surface area contributed by atoms with Crippen molar-refractivity contribution >= 4 is 11.8 Å². The van der Waals surface area contributed by atoms with Gasteiger partial charge < -0.3 is 10.3 Å². The maximum absolute atomic E-state index is 5.61. The van der Waals surface area contributed by atoms with Crippen molar-refractivity contribution in [1.29, 1.82) is 0 Å². The molecule has 0 saturated heterocycles. The molecule has 4 nitrogen and oxygen atoms in total. The molecule has 5 heteroatoms. The van der Waals surface area contributed by atoms with Gasteiger partial charge in [0.05, 0.1) is 0 Å². The highest BCUT2D eigenvalue weighted by Gasteiger charge is 2.07. The van der Waals surface area contributed by atoms with E-state index in [1.54, 1.807) is 11.8 Å². The topological polar surface area (TPSA) is 64.9 Å². The van der Waals surface area contributed by atoms with Gasteiger partial charge in [-0.1, -0.05) is 5.16 Å². The summed E-state index contributed by atoms with van der Waals surface area (Å²) in [6.07, 6.45) is 3.58. The summed E-state index contributed by atoms with van der Waals surface area (Å²) >= 11 is 1.77. The van der Waals surface area contributed by atoms with Crippen molar-refractivity contribution in [2.45, 2.75) is 25.8 Å². The molecule has 1 atom stereocenters. The van der Waals surface area contributed by atoms with Crippen molar-refractivity contribution in [3.63, 3.8) is 0 Å². The predicted octanol–water partition coefficient (Wildman–Crippen LogP) is 0.865. The van der Waals surface area contributed by atoms with Crippen LogP contribution in [0.3, 0.4) is 0 Å². The third kappa shape index (κ3) is 3.78. The Morgan fingerprint density at radius 2 is 2.38 bits per heavy atom. The molecule has 1 aromatic rings. The van der Waals surface area contributed by atoms with Crippen molar-refractivity contribution in [2.24, 2.45) is 5.73 Å². The summed E-state index contributed by atoms with van der Waals surface area (Å²) in [6.45, 7) is 1.93. The first-order chi connectivity index (χ1) is 6.22. The number of aryl methyl sites for hydroxylation is 1. The second kappa shape index (κ2) is 5.24. The van der Waals surface area contributed by atoms with E-state index >= 15 is 0 Å². The first-order valence-corrected chi connectivity index (χ1v) is 5.67. The molecule has 0 aliphatic carbocycles. The van der Waals surface area contributed by atoms with Crippen LogP contribution in [0.15, 0.2) is 4.52 Å². The lowest BCUT2D eigenvalue weighted by Crippen LogP contribution is -2.18. The van der Waals surface area contributed by atoms with Crippen LogP contribution in [0.5, 0.6) is 0 Å². The number of nitrogens with zero attached hydrogens (tertiary/aromatic N) is 2. The van der Waals surface area contributed by atoms with Crippen LogP contribution in [0.2, 0.25) is 0 Å². The summed E-state index contributed by atoms with van der Waals surface area (Å²) in [6, 6.07) is 0.0889. The van der Waals surface area contributed by atoms with Crippen molar-refractivity contribution in [3.05, 3.63) is 11.7 Å². The fraction of sp³-hybridized carbons (Fsp3) is 0.750. The van der Waals surface area contributed by atoms with Gasteiger partial charge in [-0.25, -0.2) is 0 Å². The monoisotopic (exact) mass is 201 g/mol. The van der Waals surface area contributed by atoms with Gasteiger partial charge >= 0.3 is 0 Å². The highest BCUT2D eigenvalue weighted by atomic mass is 32.2. The Kier molecular flexibility index (Phi) is 4.24. The molecule has 13 heavy (non-hydrogen) atoms. The Hall–Kier alpha value is -0.550. The fourth-order valence-electron chi connectivity index (χ4n) is 0.952. The van der Waals surface area contributed by atoms with Gasteiger partial charge in [0.25, 0.3) is 0 Å². The molecule has 0 bridgehead atoms. The third-order valence-corrected chi connectivity index (χ3v) is 2.15. The molecule has 0 radical (unpaired) electrons. The highest BCUT2D eigenvalue weighted by molar-refractivity contribution is 7.98. The minimum absolute atomic E-state index is 0.0889. The third-order valence-electron chi connectivity index (χ3n) is 1.53. The first kappa shape index (κ1) is 10.5. The van der Waals surface area contributed by atoms with E-state index in [1.165, 1.54) is 0 Å². The standard InChI is InChI=1S/C8H15N3OS/c1-6(9)5-7-10-8(12-11-7)3-4-13-2/h6H,3-5,9H2,1-2H3. The van der Waals surface area contributed by atoms with Crippen LogP contribution in [-0.4, -0.2) is 28.2 Å². The molecule has 0 aliphatic rings. The van der Waals surface area contributed by atoms with Crippen molar-refractivity contribution in [3.8, 4) is 0 Å². The van der Waals surface area contributed by atoms with Crippen LogP contribution in [0.4, 0.5) is 0 Å². The number of rotatable bonds is 5. The molecule has 0 spiro atoms. The summed E-state index contributed by atoms with van der Waals surface area (Å²) in [4.78, 5) is 4.22. The molecule has 1 heterocycles. The van der Waals surface area contributed by atoms with E-state index in [2.05, 4.69) is 16.4 Å². The molecule has 1 rings (SSSR count). The van der Waals surface area contributed by atoms with Gasteiger partial charge in [0.15, 0.2) is 5.82 Å². The predicted molar refractivity (Wildman–Crippen MR) is 53.7 cm³/mol. The highest BCUT2D eigenvalue weighted by Crippen LogP contribution is 2.03. The Balaban J connectivity index is 2.44.